The summed E-state index contributed by atoms with van der Waals surface area (Å²) in [6.45, 7) is 1.78. The molecule has 0 amide bonds. The lowest BCUT2D eigenvalue weighted by molar-refractivity contribution is -0.384. The third kappa shape index (κ3) is 2.30. The van der Waals surface area contributed by atoms with E-state index in [-0.39, 0.29) is 11.5 Å². The summed E-state index contributed by atoms with van der Waals surface area (Å²) in [5.74, 6) is -0.223. The summed E-state index contributed by atoms with van der Waals surface area (Å²) in [5, 5.41) is 16.3. The Morgan fingerprint density at radius 2 is 2.12 bits per heavy atom. The number of nitro benzene ring substituents is 1. The molecule has 3 aromatic heterocycles. The van der Waals surface area contributed by atoms with Gasteiger partial charge in [-0.2, -0.15) is 0 Å². The Bertz CT molecular complexity index is 1200. The number of thiophene rings is 1. The molecule has 0 radical (unpaired) electrons. The smallest absolute Gasteiger partial charge is 0.348 e. The first-order valence-electron chi connectivity index (χ1n) is 7.48. The second-order valence-electron chi connectivity index (χ2n) is 5.45. The second kappa shape index (κ2) is 5.85. The SMILES string of the molecule is COC(=O)c1sc2ncn3nc(-c4ccccc4[N+](=O)[O-])nc3c2c1C. The van der Waals surface area contributed by atoms with Crippen molar-refractivity contribution in [2.75, 3.05) is 7.11 Å². The zero-order valence-electron chi connectivity index (χ0n) is 13.7. The lowest BCUT2D eigenvalue weighted by atomic mass is 10.1. The van der Waals surface area contributed by atoms with E-state index < -0.39 is 10.9 Å². The molecule has 0 aliphatic rings. The van der Waals surface area contributed by atoms with Crippen molar-refractivity contribution in [1.82, 2.24) is 19.6 Å². The van der Waals surface area contributed by atoms with Crippen LogP contribution in [0.2, 0.25) is 0 Å². The summed E-state index contributed by atoms with van der Waals surface area (Å²) in [5.41, 5.74) is 1.41. The van der Waals surface area contributed by atoms with Gasteiger partial charge in [0, 0.05) is 6.07 Å². The maximum atomic E-state index is 11.9. The van der Waals surface area contributed by atoms with E-state index in [0.717, 1.165) is 0 Å². The number of carbonyl (C=O) groups excluding carboxylic acids is 1. The number of esters is 1. The lowest BCUT2D eigenvalue weighted by Gasteiger charge is -1.96. The Kier molecular flexibility index (Phi) is 3.62. The molecule has 1 aromatic carbocycles. The van der Waals surface area contributed by atoms with Crippen LogP contribution in [0.15, 0.2) is 30.6 Å². The molecular formula is C16H11N5O4S. The van der Waals surface area contributed by atoms with Crippen LogP contribution >= 0.6 is 11.3 Å². The van der Waals surface area contributed by atoms with Gasteiger partial charge in [-0.25, -0.2) is 19.3 Å². The van der Waals surface area contributed by atoms with Crippen molar-refractivity contribution >= 4 is 38.9 Å². The van der Waals surface area contributed by atoms with Crippen LogP contribution in [0.4, 0.5) is 5.69 Å². The van der Waals surface area contributed by atoms with E-state index in [1.165, 1.54) is 35.4 Å². The molecule has 130 valence electrons. The molecule has 9 nitrogen and oxygen atoms in total. The van der Waals surface area contributed by atoms with E-state index in [0.29, 0.717) is 31.9 Å². The van der Waals surface area contributed by atoms with Gasteiger partial charge in [0.25, 0.3) is 5.69 Å². The minimum Gasteiger partial charge on any atom is -0.465 e. The number of benzene rings is 1. The molecule has 0 aliphatic carbocycles. The average molecular weight is 369 g/mol. The molecule has 4 rings (SSSR count). The number of aryl methyl sites for hydroxylation is 1. The van der Waals surface area contributed by atoms with Crippen molar-refractivity contribution in [3.05, 3.63) is 51.1 Å². The zero-order chi connectivity index (χ0) is 18.4. The van der Waals surface area contributed by atoms with Crippen LogP contribution in [0.25, 0.3) is 27.3 Å². The summed E-state index contributed by atoms with van der Waals surface area (Å²) < 4.78 is 6.25. The third-order valence-electron chi connectivity index (χ3n) is 3.98. The highest BCUT2D eigenvalue weighted by atomic mass is 32.1. The lowest BCUT2D eigenvalue weighted by Crippen LogP contribution is -1.99. The van der Waals surface area contributed by atoms with E-state index in [2.05, 4.69) is 15.1 Å². The number of rotatable bonds is 3. The number of aromatic nitrogens is 4. The predicted octanol–water partition coefficient (Wildman–Crippen LogP) is 3.01. The first kappa shape index (κ1) is 16.1. The molecule has 0 bridgehead atoms. The van der Waals surface area contributed by atoms with Gasteiger partial charge in [-0.3, -0.25) is 10.1 Å². The predicted molar refractivity (Wildman–Crippen MR) is 94.3 cm³/mol. The van der Waals surface area contributed by atoms with Crippen molar-refractivity contribution in [2.24, 2.45) is 0 Å². The molecule has 10 heteroatoms. The van der Waals surface area contributed by atoms with Crippen LogP contribution in [-0.2, 0) is 4.74 Å². The van der Waals surface area contributed by atoms with Crippen LogP contribution in [-0.4, -0.2) is 37.6 Å². The van der Waals surface area contributed by atoms with Gasteiger partial charge in [0.15, 0.2) is 11.5 Å². The molecule has 0 aliphatic heterocycles. The number of hydrogen-bond acceptors (Lipinski definition) is 8. The number of carbonyl (C=O) groups is 1. The van der Waals surface area contributed by atoms with Crippen LogP contribution in [0, 0.1) is 17.0 Å². The van der Waals surface area contributed by atoms with E-state index in [4.69, 9.17) is 4.74 Å². The molecule has 26 heavy (non-hydrogen) atoms. The molecule has 0 spiro atoms. The normalized spacial score (nSPS) is 11.2. The van der Waals surface area contributed by atoms with Crippen LogP contribution in [0.1, 0.15) is 15.2 Å². The number of hydrogen-bond donors (Lipinski definition) is 0. The Morgan fingerprint density at radius 3 is 2.85 bits per heavy atom. The quantitative estimate of drug-likeness (QED) is 0.310. The van der Waals surface area contributed by atoms with E-state index in [1.807, 2.05) is 0 Å². The highest BCUT2D eigenvalue weighted by molar-refractivity contribution is 7.20. The minimum absolute atomic E-state index is 0.0788. The van der Waals surface area contributed by atoms with Gasteiger partial charge >= 0.3 is 5.97 Å². The van der Waals surface area contributed by atoms with Gasteiger partial charge in [0.1, 0.15) is 16.0 Å². The second-order valence-corrected chi connectivity index (χ2v) is 6.45. The summed E-state index contributed by atoms with van der Waals surface area (Å²) in [6.07, 6.45) is 1.47. The Labute approximate surface area is 150 Å². The van der Waals surface area contributed by atoms with Crippen molar-refractivity contribution in [3.8, 4) is 11.4 Å². The maximum absolute atomic E-state index is 11.9. The Hall–Kier alpha value is -3.40. The molecule has 3 heterocycles. The highest BCUT2D eigenvalue weighted by Crippen LogP contribution is 2.34. The summed E-state index contributed by atoms with van der Waals surface area (Å²) >= 11 is 1.21. The van der Waals surface area contributed by atoms with Crippen LogP contribution in [0.3, 0.4) is 0 Å². The third-order valence-corrected chi connectivity index (χ3v) is 5.16. The van der Waals surface area contributed by atoms with Gasteiger partial charge in [0.05, 0.1) is 23.0 Å². The average Bonchev–Trinajstić information content (AvgIpc) is 3.22. The largest absolute Gasteiger partial charge is 0.465 e. The topological polar surface area (TPSA) is 113 Å². The molecule has 4 aromatic rings. The Morgan fingerprint density at radius 1 is 1.35 bits per heavy atom. The zero-order valence-corrected chi connectivity index (χ0v) is 14.5. The maximum Gasteiger partial charge on any atom is 0.348 e. The number of ether oxygens (including phenoxy) is 1. The fourth-order valence-electron chi connectivity index (χ4n) is 2.76. The standard InChI is InChI=1S/C16H11N5O4S/c1-8-11-14-18-13(9-5-3-4-6-10(9)21(23)24)19-20(14)7-17-15(11)26-12(8)16(22)25-2/h3-7H,1-2H3. The first-order chi connectivity index (χ1) is 12.5. The number of para-hydroxylation sites is 1. The molecule has 0 unspecified atom stereocenters. The highest BCUT2D eigenvalue weighted by Gasteiger charge is 2.23. The van der Waals surface area contributed by atoms with Crippen molar-refractivity contribution in [3.63, 3.8) is 0 Å². The van der Waals surface area contributed by atoms with E-state index in [9.17, 15) is 14.9 Å². The molecule has 0 fully saturated rings. The number of methoxy groups -OCH3 is 1. The van der Waals surface area contributed by atoms with Gasteiger partial charge in [-0.1, -0.05) is 12.1 Å². The van der Waals surface area contributed by atoms with Gasteiger partial charge in [-0.05, 0) is 18.6 Å². The molecular weight excluding hydrogens is 358 g/mol. The number of fused-ring (bicyclic) bond motifs is 3. The molecule has 0 N–H and O–H groups in total. The van der Waals surface area contributed by atoms with Gasteiger partial charge < -0.3 is 4.74 Å². The van der Waals surface area contributed by atoms with Crippen LogP contribution < -0.4 is 0 Å². The molecule has 0 saturated carbocycles. The molecule has 0 saturated heterocycles. The van der Waals surface area contributed by atoms with Crippen molar-refractivity contribution in [1.29, 1.82) is 0 Å². The monoisotopic (exact) mass is 369 g/mol. The fourth-order valence-corrected chi connectivity index (χ4v) is 3.82. The summed E-state index contributed by atoms with van der Waals surface area (Å²) in [6, 6.07) is 6.27. The fraction of sp³-hybridized carbons (Fsp3) is 0.125. The minimum atomic E-state index is -0.472. The number of nitrogens with zero attached hydrogens (tertiary/aromatic N) is 5. The number of nitro groups is 1. The summed E-state index contributed by atoms with van der Waals surface area (Å²) in [7, 11) is 1.32. The van der Waals surface area contributed by atoms with E-state index in [1.54, 1.807) is 25.1 Å². The molecule has 0 atom stereocenters. The van der Waals surface area contributed by atoms with Gasteiger partial charge in [-0.15, -0.1) is 16.4 Å². The van der Waals surface area contributed by atoms with Crippen LogP contribution in [0.5, 0.6) is 0 Å². The van der Waals surface area contributed by atoms with E-state index >= 15 is 0 Å². The Balaban J connectivity index is 1.99. The first-order valence-corrected chi connectivity index (χ1v) is 8.29. The van der Waals surface area contributed by atoms with Gasteiger partial charge in [0.2, 0.25) is 0 Å². The van der Waals surface area contributed by atoms with Crippen molar-refractivity contribution in [2.45, 2.75) is 6.92 Å². The summed E-state index contributed by atoms with van der Waals surface area (Å²) in [4.78, 5) is 32.6. The van der Waals surface area contributed by atoms with Crippen molar-refractivity contribution < 1.29 is 14.5 Å².